The molecule has 0 bridgehead atoms. The number of fused-ring (bicyclic) bond motifs is 1. The highest BCUT2D eigenvalue weighted by Gasteiger charge is 2.24. The van der Waals surface area contributed by atoms with E-state index < -0.39 is 0 Å². The first kappa shape index (κ1) is 18.5. The standard InChI is InChI=1S/C25H31N/c1-24(2,3)20-13-15-23(22(17-20)25(4,5)6)26(7)21-14-12-18-10-8-9-11-19(18)16-21/h8-17H,1-7H3. The molecule has 136 valence electrons. The largest absolute Gasteiger partial charge is 0.344 e. The molecule has 0 aromatic heterocycles. The van der Waals surface area contributed by atoms with Crippen molar-refractivity contribution in [1.29, 1.82) is 0 Å². The average Bonchev–Trinajstić information content (AvgIpc) is 2.58. The maximum atomic E-state index is 2.40. The summed E-state index contributed by atoms with van der Waals surface area (Å²) >= 11 is 0. The summed E-state index contributed by atoms with van der Waals surface area (Å²) in [7, 11) is 2.17. The maximum absolute atomic E-state index is 2.40. The van der Waals surface area contributed by atoms with Crippen molar-refractivity contribution in [2.75, 3.05) is 11.9 Å². The molecule has 0 saturated heterocycles. The molecule has 0 amide bonds. The van der Waals surface area contributed by atoms with Gasteiger partial charge in [-0.25, -0.2) is 0 Å². The molecule has 0 aliphatic carbocycles. The first-order chi connectivity index (χ1) is 12.1. The van der Waals surface area contributed by atoms with Crippen molar-refractivity contribution in [3.8, 4) is 0 Å². The van der Waals surface area contributed by atoms with Crippen LogP contribution in [0.5, 0.6) is 0 Å². The van der Waals surface area contributed by atoms with Gasteiger partial charge in [0.25, 0.3) is 0 Å². The van der Waals surface area contributed by atoms with Gasteiger partial charge in [0, 0.05) is 18.4 Å². The van der Waals surface area contributed by atoms with Crippen LogP contribution in [0.4, 0.5) is 11.4 Å². The van der Waals surface area contributed by atoms with E-state index >= 15 is 0 Å². The predicted molar refractivity (Wildman–Crippen MR) is 116 cm³/mol. The Morgan fingerprint density at radius 3 is 1.92 bits per heavy atom. The minimum Gasteiger partial charge on any atom is -0.344 e. The number of anilines is 2. The Morgan fingerprint density at radius 1 is 0.654 bits per heavy atom. The van der Waals surface area contributed by atoms with Gasteiger partial charge in [-0.2, -0.15) is 0 Å². The van der Waals surface area contributed by atoms with Crippen LogP contribution in [0.1, 0.15) is 52.7 Å². The first-order valence-corrected chi connectivity index (χ1v) is 9.45. The quantitative estimate of drug-likeness (QED) is 0.474. The van der Waals surface area contributed by atoms with Crippen molar-refractivity contribution in [3.63, 3.8) is 0 Å². The zero-order valence-electron chi connectivity index (χ0n) is 17.2. The van der Waals surface area contributed by atoms with Gasteiger partial charge in [0.2, 0.25) is 0 Å². The Labute approximate surface area is 158 Å². The molecule has 3 rings (SSSR count). The molecule has 0 spiro atoms. The summed E-state index contributed by atoms with van der Waals surface area (Å²) in [6, 6.07) is 22.2. The predicted octanol–water partition coefficient (Wildman–Crippen LogP) is 7.20. The minimum absolute atomic E-state index is 0.0850. The topological polar surface area (TPSA) is 3.24 Å². The Balaban J connectivity index is 2.11. The second kappa shape index (κ2) is 6.46. The van der Waals surface area contributed by atoms with Crippen LogP contribution in [-0.2, 0) is 10.8 Å². The van der Waals surface area contributed by atoms with E-state index in [4.69, 9.17) is 0 Å². The molecule has 0 atom stereocenters. The molecular formula is C25H31N. The fourth-order valence-corrected chi connectivity index (χ4v) is 3.42. The highest BCUT2D eigenvalue weighted by atomic mass is 15.1. The minimum atomic E-state index is 0.0850. The molecule has 0 radical (unpaired) electrons. The number of hydrogen-bond acceptors (Lipinski definition) is 1. The fourth-order valence-electron chi connectivity index (χ4n) is 3.42. The SMILES string of the molecule is CN(c1ccc2ccccc2c1)c1ccc(C(C)(C)C)cc1C(C)(C)C. The lowest BCUT2D eigenvalue weighted by atomic mass is 9.79. The van der Waals surface area contributed by atoms with E-state index in [0.29, 0.717) is 0 Å². The van der Waals surface area contributed by atoms with Gasteiger partial charge in [0.15, 0.2) is 0 Å². The molecule has 26 heavy (non-hydrogen) atoms. The molecule has 1 nitrogen and oxygen atoms in total. The second-order valence-corrected chi connectivity index (χ2v) is 9.32. The molecule has 0 fully saturated rings. The smallest absolute Gasteiger partial charge is 0.0446 e. The third kappa shape index (κ3) is 3.62. The Kier molecular flexibility index (Phi) is 4.60. The van der Waals surface area contributed by atoms with Crippen LogP contribution in [-0.4, -0.2) is 7.05 Å². The molecule has 1 heteroatoms. The molecule has 3 aromatic rings. The number of rotatable bonds is 2. The van der Waals surface area contributed by atoms with Gasteiger partial charge in [-0.05, 0) is 50.9 Å². The summed E-state index contributed by atoms with van der Waals surface area (Å²) in [5, 5.41) is 2.56. The fraction of sp³-hybridized carbons (Fsp3) is 0.360. The Bertz CT molecular complexity index is 923. The van der Waals surface area contributed by atoms with Crippen molar-refractivity contribution >= 4 is 22.1 Å². The van der Waals surface area contributed by atoms with E-state index in [9.17, 15) is 0 Å². The molecule has 0 unspecified atom stereocenters. The summed E-state index contributed by atoms with van der Waals surface area (Å²) in [4.78, 5) is 2.32. The van der Waals surface area contributed by atoms with Gasteiger partial charge >= 0.3 is 0 Å². The van der Waals surface area contributed by atoms with Gasteiger partial charge in [-0.1, -0.05) is 84.0 Å². The molecule has 0 saturated carbocycles. The lowest BCUT2D eigenvalue weighted by Gasteiger charge is -2.31. The molecule has 0 N–H and O–H groups in total. The Morgan fingerprint density at radius 2 is 1.31 bits per heavy atom. The monoisotopic (exact) mass is 345 g/mol. The maximum Gasteiger partial charge on any atom is 0.0446 e. The third-order valence-corrected chi connectivity index (χ3v) is 5.15. The van der Waals surface area contributed by atoms with Crippen molar-refractivity contribution in [2.45, 2.75) is 52.4 Å². The molecule has 0 aliphatic rings. The van der Waals surface area contributed by atoms with Crippen LogP contribution in [0.2, 0.25) is 0 Å². The van der Waals surface area contributed by atoms with Gasteiger partial charge in [0.05, 0.1) is 0 Å². The summed E-state index contributed by atoms with van der Waals surface area (Å²) in [6.07, 6.45) is 0. The normalized spacial score (nSPS) is 12.4. The number of hydrogen-bond donors (Lipinski definition) is 0. The summed E-state index contributed by atoms with van der Waals surface area (Å²) in [5.41, 5.74) is 5.51. The van der Waals surface area contributed by atoms with Crippen molar-refractivity contribution in [1.82, 2.24) is 0 Å². The van der Waals surface area contributed by atoms with E-state index in [0.717, 1.165) is 0 Å². The van der Waals surface area contributed by atoms with E-state index in [1.54, 1.807) is 0 Å². The molecule has 3 aromatic carbocycles. The van der Waals surface area contributed by atoms with Crippen LogP contribution in [0.25, 0.3) is 10.8 Å². The molecule has 0 aliphatic heterocycles. The zero-order chi connectivity index (χ0) is 19.1. The highest BCUT2D eigenvalue weighted by molar-refractivity contribution is 5.87. The van der Waals surface area contributed by atoms with Crippen LogP contribution < -0.4 is 4.90 Å². The van der Waals surface area contributed by atoms with Crippen molar-refractivity contribution in [3.05, 3.63) is 71.8 Å². The van der Waals surface area contributed by atoms with Gasteiger partial charge in [-0.3, -0.25) is 0 Å². The summed E-state index contributed by atoms with van der Waals surface area (Å²) in [6.45, 7) is 13.7. The van der Waals surface area contributed by atoms with E-state index in [1.807, 2.05) is 0 Å². The third-order valence-electron chi connectivity index (χ3n) is 5.15. The van der Waals surface area contributed by atoms with Crippen LogP contribution >= 0.6 is 0 Å². The first-order valence-electron chi connectivity index (χ1n) is 9.45. The number of benzene rings is 3. The van der Waals surface area contributed by atoms with Gasteiger partial charge < -0.3 is 4.90 Å². The second-order valence-electron chi connectivity index (χ2n) is 9.32. The molecule has 0 heterocycles. The Hall–Kier alpha value is -2.28. The highest BCUT2D eigenvalue weighted by Crippen LogP contribution is 2.38. The summed E-state index contributed by atoms with van der Waals surface area (Å²) in [5.74, 6) is 0. The van der Waals surface area contributed by atoms with Gasteiger partial charge in [-0.15, -0.1) is 0 Å². The van der Waals surface area contributed by atoms with E-state index in [-0.39, 0.29) is 10.8 Å². The van der Waals surface area contributed by atoms with Gasteiger partial charge in [0.1, 0.15) is 0 Å². The van der Waals surface area contributed by atoms with Crippen molar-refractivity contribution in [2.24, 2.45) is 0 Å². The van der Waals surface area contributed by atoms with Crippen LogP contribution in [0.3, 0.4) is 0 Å². The van der Waals surface area contributed by atoms with E-state index in [2.05, 4.69) is 114 Å². The zero-order valence-corrected chi connectivity index (χ0v) is 17.2. The molecular weight excluding hydrogens is 314 g/mol. The average molecular weight is 346 g/mol. The van der Waals surface area contributed by atoms with Crippen LogP contribution in [0.15, 0.2) is 60.7 Å². The van der Waals surface area contributed by atoms with Crippen molar-refractivity contribution < 1.29 is 0 Å². The lowest BCUT2D eigenvalue weighted by molar-refractivity contribution is 0.569. The summed E-state index contributed by atoms with van der Waals surface area (Å²) < 4.78 is 0. The number of nitrogens with zero attached hydrogens (tertiary/aromatic N) is 1. The van der Waals surface area contributed by atoms with E-state index in [1.165, 1.54) is 33.3 Å². The van der Waals surface area contributed by atoms with Crippen LogP contribution in [0, 0.1) is 0 Å². The lowest BCUT2D eigenvalue weighted by Crippen LogP contribution is -2.21.